The number of methoxy groups -OCH3 is 1. The summed E-state index contributed by atoms with van der Waals surface area (Å²) in [5.41, 5.74) is 1.08. The van der Waals surface area contributed by atoms with Crippen LogP contribution in [0.2, 0.25) is 5.04 Å². The van der Waals surface area contributed by atoms with Gasteiger partial charge in [-0.15, -0.1) is 0 Å². The van der Waals surface area contributed by atoms with Crippen LogP contribution in [0.4, 0.5) is 0 Å². The molecule has 3 aromatic rings. The number of hydrogen-bond donors (Lipinski definition) is 0. The standard InChI is InChI=1S/C31H40O5Si/c1-25(21-30(32)33-5)29(35-24-34-22-26-15-9-6-10-16-26)23-36-37(31(2,3)4,27-17-11-7-12-18-27)28-19-13-8-14-20-28/h6-20,25,29H,21-24H2,1-5H3/t25-,29+/m0/s1. The Hall–Kier alpha value is -2.77. The van der Waals surface area contributed by atoms with Crippen molar-refractivity contribution >= 4 is 24.7 Å². The average Bonchev–Trinajstić information content (AvgIpc) is 2.91. The summed E-state index contributed by atoms with van der Waals surface area (Å²) in [6.45, 7) is 9.62. The highest BCUT2D eigenvalue weighted by atomic mass is 28.4. The first-order chi connectivity index (χ1) is 17.8. The molecule has 0 aliphatic carbocycles. The normalized spacial score (nSPS) is 13.6. The summed E-state index contributed by atoms with van der Waals surface area (Å²) in [6, 6.07) is 31.0. The van der Waals surface area contributed by atoms with Gasteiger partial charge in [0.25, 0.3) is 8.32 Å². The van der Waals surface area contributed by atoms with E-state index in [-0.39, 0.29) is 36.2 Å². The van der Waals surface area contributed by atoms with Gasteiger partial charge in [-0.2, -0.15) is 0 Å². The number of esters is 1. The molecule has 0 aliphatic heterocycles. The molecule has 0 saturated carbocycles. The summed E-state index contributed by atoms with van der Waals surface area (Å²) >= 11 is 0. The Balaban J connectivity index is 1.85. The van der Waals surface area contributed by atoms with Crippen molar-refractivity contribution in [3.8, 4) is 0 Å². The minimum Gasteiger partial charge on any atom is -0.469 e. The summed E-state index contributed by atoms with van der Waals surface area (Å²) in [5, 5.41) is 2.25. The Morgan fingerprint density at radius 3 is 1.84 bits per heavy atom. The zero-order valence-electron chi connectivity index (χ0n) is 22.7. The van der Waals surface area contributed by atoms with Gasteiger partial charge in [-0.25, -0.2) is 0 Å². The summed E-state index contributed by atoms with van der Waals surface area (Å²) in [5.74, 6) is -0.386. The van der Waals surface area contributed by atoms with Crippen molar-refractivity contribution in [1.29, 1.82) is 0 Å². The van der Waals surface area contributed by atoms with Gasteiger partial charge < -0.3 is 18.6 Å². The Morgan fingerprint density at radius 2 is 1.35 bits per heavy atom. The fourth-order valence-corrected chi connectivity index (χ4v) is 9.26. The topological polar surface area (TPSA) is 54.0 Å². The molecule has 0 bridgehead atoms. The first-order valence-electron chi connectivity index (χ1n) is 12.8. The molecule has 6 heteroatoms. The molecule has 0 aliphatic rings. The smallest absolute Gasteiger partial charge is 0.305 e. The van der Waals surface area contributed by atoms with Crippen molar-refractivity contribution in [2.75, 3.05) is 20.5 Å². The van der Waals surface area contributed by atoms with Crippen LogP contribution in [0.15, 0.2) is 91.0 Å². The van der Waals surface area contributed by atoms with E-state index in [9.17, 15) is 4.79 Å². The molecule has 0 spiro atoms. The van der Waals surface area contributed by atoms with Crippen molar-refractivity contribution in [3.05, 3.63) is 96.6 Å². The molecule has 0 radical (unpaired) electrons. The van der Waals surface area contributed by atoms with E-state index in [0.29, 0.717) is 13.2 Å². The van der Waals surface area contributed by atoms with E-state index < -0.39 is 8.32 Å². The molecule has 0 saturated heterocycles. The van der Waals surface area contributed by atoms with Gasteiger partial charge in [0.05, 0.1) is 32.8 Å². The second-order valence-corrected chi connectivity index (χ2v) is 14.7. The van der Waals surface area contributed by atoms with Crippen LogP contribution in [0.1, 0.15) is 39.7 Å². The largest absolute Gasteiger partial charge is 0.469 e. The van der Waals surface area contributed by atoms with Crippen LogP contribution in [-0.2, 0) is 30.0 Å². The molecule has 3 aromatic carbocycles. The van der Waals surface area contributed by atoms with Crippen LogP contribution in [0.3, 0.4) is 0 Å². The van der Waals surface area contributed by atoms with E-state index in [4.69, 9.17) is 18.6 Å². The zero-order chi connectivity index (χ0) is 26.7. The Bertz CT molecular complexity index is 1030. The summed E-state index contributed by atoms with van der Waals surface area (Å²) < 4.78 is 24.1. The van der Waals surface area contributed by atoms with Crippen LogP contribution < -0.4 is 10.4 Å². The highest BCUT2D eigenvalue weighted by Crippen LogP contribution is 2.37. The lowest BCUT2D eigenvalue weighted by atomic mass is 10.0. The molecule has 0 heterocycles. The van der Waals surface area contributed by atoms with Gasteiger partial charge in [0, 0.05) is 0 Å². The Morgan fingerprint density at radius 1 is 0.838 bits per heavy atom. The fraction of sp³-hybridized carbons (Fsp3) is 0.387. The van der Waals surface area contributed by atoms with Crippen molar-refractivity contribution in [2.45, 2.75) is 51.9 Å². The minimum atomic E-state index is -2.74. The van der Waals surface area contributed by atoms with E-state index in [1.807, 2.05) is 49.4 Å². The molecular weight excluding hydrogens is 480 g/mol. The van der Waals surface area contributed by atoms with Crippen LogP contribution in [0, 0.1) is 5.92 Å². The Kier molecular flexibility index (Phi) is 10.6. The van der Waals surface area contributed by atoms with Crippen molar-refractivity contribution in [1.82, 2.24) is 0 Å². The highest BCUT2D eigenvalue weighted by Gasteiger charge is 2.50. The molecule has 0 unspecified atom stereocenters. The van der Waals surface area contributed by atoms with Gasteiger partial charge >= 0.3 is 5.97 Å². The fourth-order valence-electron chi connectivity index (χ4n) is 4.69. The summed E-state index contributed by atoms with van der Waals surface area (Å²) in [4.78, 5) is 12.1. The second kappa shape index (κ2) is 13.7. The maximum atomic E-state index is 12.1. The monoisotopic (exact) mass is 520 g/mol. The third kappa shape index (κ3) is 7.62. The number of benzene rings is 3. The lowest BCUT2D eigenvalue weighted by Crippen LogP contribution is -2.67. The number of carbonyl (C=O) groups is 1. The maximum Gasteiger partial charge on any atom is 0.305 e. The maximum absolute atomic E-state index is 12.1. The third-order valence-electron chi connectivity index (χ3n) is 6.71. The van der Waals surface area contributed by atoms with Crippen molar-refractivity contribution in [3.63, 3.8) is 0 Å². The summed E-state index contributed by atoms with van der Waals surface area (Å²) in [6.07, 6.45) is -0.110. The second-order valence-electron chi connectivity index (χ2n) is 10.4. The summed E-state index contributed by atoms with van der Waals surface area (Å²) in [7, 11) is -1.33. The van der Waals surface area contributed by atoms with Crippen LogP contribution in [0.25, 0.3) is 0 Å². The highest BCUT2D eigenvalue weighted by molar-refractivity contribution is 6.99. The van der Waals surface area contributed by atoms with Gasteiger partial charge in [0.15, 0.2) is 0 Å². The molecular formula is C31H40O5Si. The van der Waals surface area contributed by atoms with Crippen molar-refractivity contribution < 1.29 is 23.4 Å². The number of hydrogen-bond acceptors (Lipinski definition) is 5. The van der Waals surface area contributed by atoms with Crippen LogP contribution in [-0.4, -0.2) is 40.9 Å². The van der Waals surface area contributed by atoms with Crippen LogP contribution >= 0.6 is 0 Å². The average molecular weight is 521 g/mol. The van der Waals surface area contributed by atoms with E-state index in [0.717, 1.165) is 5.56 Å². The van der Waals surface area contributed by atoms with Gasteiger partial charge in [-0.1, -0.05) is 119 Å². The first-order valence-corrected chi connectivity index (χ1v) is 14.7. The molecule has 3 rings (SSSR count). The van der Waals surface area contributed by atoms with Gasteiger partial charge in [0.2, 0.25) is 0 Å². The molecule has 0 fully saturated rings. The zero-order valence-corrected chi connectivity index (χ0v) is 23.7. The Labute approximate surface area is 222 Å². The predicted molar refractivity (Wildman–Crippen MR) is 150 cm³/mol. The van der Waals surface area contributed by atoms with Gasteiger partial charge in [-0.05, 0) is 26.9 Å². The molecule has 5 nitrogen and oxygen atoms in total. The predicted octanol–water partition coefficient (Wildman–Crippen LogP) is 5.32. The lowest BCUT2D eigenvalue weighted by molar-refractivity contribution is -0.147. The molecule has 0 amide bonds. The number of carbonyl (C=O) groups excluding carboxylic acids is 1. The number of ether oxygens (including phenoxy) is 3. The van der Waals surface area contributed by atoms with E-state index in [1.54, 1.807) is 0 Å². The molecule has 2 atom stereocenters. The van der Waals surface area contributed by atoms with E-state index >= 15 is 0 Å². The molecule has 198 valence electrons. The van der Waals surface area contributed by atoms with Gasteiger partial charge in [0.1, 0.15) is 6.79 Å². The molecule has 37 heavy (non-hydrogen) atoms. The van der Waals surface area contributed by atoms with Crippen LogP contribution in [0.5, 0.6) is 0 Å². The van der Waals surface area contributed by atoms with Gasteiger partial charge in [-0.3, -0.25) is 4.79 Å². The quantitative estimate of drug-likeness (QED) is 0.132. The SMILES string of the molecule is COC(=O)C[C@H](C)[C@@H](CO[Si](c1ccccc1)(c1ccccc1)C(C)(C)C)OCOCc1ccccc1. The van der Waals surface area contributed by atoms with E-state index in [1.165, 1.54) is 17.5 Å². The van der Waals surface area contributed by atoms with E-state index in [2.05, 4.69) is 69.3 Å². The third-order valence-corrected chi connectivity index (χ3v) is 11.7. The number of rotatable bonds is 13. The lowest BCUT2D eigenvalue weighted by Gasteiger charge is -2.44. The molecule has 0 aromatic heterocycles. The molecule has 0 N–H and O–H groups in total. The first kappa shape index (κ1) is 28.8. The minimum absolute atomic E-state index is 0.106. The van der Waals surface area contributed by atoms with Crippen molar-refractivity contribution in [2.24, 2.45) is 5.92 Å².